The molecule has 0 amide bonds. The molecule has 2 atom stereocenters. The van der Waals surface area contributed by atoms with E-state index < -0.39 is 0 Å². The average molecular weight is 208 g/mol. The quantitative estimate of drug-likeness (QED) is 0.759. The lowest BCUT2D eigenvalue weighted by Gasteiger charge is -1.97. The van der Waals surface area contributed by atoms with Crippen molar-refractivity contribution < 1.29 is 4.42 Å². The highest BCUT2D eigenvalue weighted by molar-refractivity contribution is 5.23. The molecule has 1 heterocycles. The summed E-state index contributed by atoms with van der Waals surface area (Å²) in [6.07, 6.45) is 3.76. The van der Waals surface area contributed by atoms with Gasteiger partial charge in [0.1, 0.15) is 0 Å². The molecule has 2 fully saturated rings. The topological polar surface area (TPSA) is 63.0 Å². The lowest BCUT2D eigenvalue weighted by Crippen LogP contribution is -2.15. The summed E-state index contributed by atoms with van der Waals surface area (Å²) >= 11 is 0. The number of anilines is 1. The first-order valence-electron chi connectivity index (χ1n) is 5.63. The fraction of sp³-hybridized carbons (Fsp3) is 0.800. The van der Waals surface area contributed by atoms with Gasteiger partial charge in [0.15, 0.2) is 0 Å². The van der Waals surface area contributed by atoms with Gasteiger partial charge in [-0.3, -0.25) is 0 Å². The summed E-state index contributed by atoms with van der Waals surface area (Å²) in [5.41, 5.74) is 0. The Hall–Kier alpha value is -1.10. The average Bonchev–Trinajstić information content (AvgIpc) is 3.10. The molecular formula is C10H16N4O. The Morgan fingerprint density at radius 1 is 1.40 bits per heavy atom. The van der Waals surface area contributed by atoms with Crippen LogP contribution in [0.25, 0.3) is 0 Å². The van der Waals surface area contributed by atoms with Gasteiger partial charge in [0.25, 0.3) is 0 Å². The van der Waals surface area contributed by atoms with Gasteiger partial charge in [-0.2, -0.15) is 0 Å². The molecule has 1 aromatic heterocycles. The van der Waals surface area contributed by atoms with Gasteiger partial charge in [0, 0.05) is 12.1 Å². The second-order valence-electron chi connectivity index (χ2n) is 4.62. The lowest BCUT2D eigenvalue weighted by atomic mass is 10.5. The van der Waals surface area contributed by atoms with Crippen LogP contribution in [0, 0.1) is 5.92 Å². The molecule has 0 aromatic carbocycles. The van der Waals surface area contributed by atoms with Gasteiger partial charge in [-0.25, -0.2) is 0 Å². The van der Waals surface area contributed by atoms with Crippen molar-refractivity contribution in [1.82, 2.24) is 15.5 Å². The highest BCUT2D eigenvalue weighted by Gasteiger charge is 2.33. The van der Waals surface area contributed by atoms with Crippen molar-refractivity contribution in [2.24, 2.45) is 5.92 Å². The molecule has 2 saturated carbocycles. The van der Waals surface area contributed by atoms with Crippen LogP contribution in [-0.4, -0.2) is 22.3 Å². The van der Waals surface area contributed by atoms with E-state index >= 15 is 0 Å². The summed E-state index contributed by atoms with van der Waals surface area (Å²) in [7, 11) is 0. The minimum absolute atomic E-state index is 0.537. The maximum Gasteiger partial charge on any atom is 0.315 e. The van der Waals surface area contributed by atoms with Gasteiger partial charge < -0.3 is 15.1 Å². The van der Waals surface area contributed by atoms with Crippen molar-refractivity contribution in [3.05, 3.63) is 5.89 Å². The van der Waals surface area contributed by atoms with Crippen LogP contribution in [0.5, 0.6) is 0 Å². The maximum atomic E-state index is 5.47. The molecule has 3 rings (SSSR count). The number of rotatable bonds is 5. The normalized spacial score (nSPS) is 29.1. The first-order valence-corrected chi connectivity index (χ1v) is 5.63. The summed E-state index contributed by atoms with van der Waals surface area (Å²) in [5, 5.41) is 14.5. The van der Waals surface area contributed by atoms with Crippen LogP contribution in [0.1, 0.15) is 32.1 Å². The van der Waals surface area contributed by atoms with E-state index in [1.165, 1.54) is 19.3 Å². The maximum absolute atomic E-state index is 5.47. The van der Waals surface area contributed by atoms with Gasteiger partial charge in [0.2, 0.25) is 5.89 Å². The first-order chi connectivity index (χ1) is 7.31. The number of nitrogens with zero attached hydrogens (tertiary/aromatic N) is 2. The van der Waals surface area contributed by atoms with Gasteiger partial charge >= 0.3 is 6.01 Å². The third-order valence-electron chi connectivity index (χ3n) is 3.00. The Balaban J connectivity index is 1.50. The van der Waals surface area contributed by atoms with Crippen molar-refractivity contribution >= 4 is 6.01 Å². The van der Waals surface area contributed by atoms with E-state index in [1.807, 2.05) is 0 Å². The third-order valence-corrected chi connectivity index (χ3v) is 3.00. The van der Waals surface area contributed by atoms with Crippen molar-refractivity contribution in [1.29, 1.82) is 0 Å². The summed E-state index contributed by atoms with van der Waals surface area (Å²) in [6.45, 7) is 2.91. The van der Waals surface area contributed by atoms with Crippen LogP contribution < -0.4 is 10.6 Å². The van der Waals surface area contributed by atoms with Crippen molar-refractivity contribution in [3.63, 3.8) is 0 Å². The predicted molar refractivity (Wildman–Crippen MR) is 55.4 cm³/mol. The fourth-order valence-electron chi connectivity index (χ4n) is 1.58. The molecule has 2 unspecified atom stereocenters. The number of hydrogen-bond acceptors (Lipinski definition) is 5. The standard InChI is InChI=1S/C10H16N4O/c1-6-4-8(6)12-10-14-13-9(15-10)5-11-7-2-3-7/h6-8,11H,2-5H2,1H3,(H,12,14). The molecule has 0 bridgehead atoms. The van der Waals surface area contributed by atoms with Gasteiger partial charge in [-0.05, 0) is 25.2 Å². The lowest BCUT2D eigenvalue weighted by molar-refractivity contribution is 0.475. The largest absolute Gasteiger partial charge is 0.407 e. The number of aromatic nitrogens is 2. The number of hydrogen-bond donors (Lipinski definition) is 2. The molecule has 2 aliphatic carbocycles. The molecule has 0 aliphatic heterocycles. The zero-order valence-electron chi connectivity index (χ0n) is 8.86. The Morgan fingerprint density at radius 2 is 2.20 bits per heavy atom. The van der Waals surface area contributed by atoms with Crippen LogP contribution in [0.3, 0.4) is 0 Å². The van der Waals surface area contributed by atoms with Gasteiger partial charge in [-0.15, -0.1) is 5.10 Å². The van der Waals surface area contributed by atoms with Crippen LogP contribution in [0.15, 0.2) is 4.42 Å². The van der Waals surface area contributed by atoms with Crippen molar-refractivity contribution in [2.75, 3.05) is 5.32 Å². The molecule has 5 heteroatoms. The van der Waals surface area contributed by atoms with E-state index in [9.17, 15) is 0 Å². The Labute approximate surface area is 88.6 Å². The minimum atomic E-state index is 0.537. The molecule has 1 aromatic rings. The van der Waals surface area contributed by atoms with Crippen molar-refractivity contribution in [2.45, 2.75) is 44.8 Å². The minimum Gasteiger partial charge on any atom is -0.407 e. The summed E-state index contributed by atoms with van der Waals surface area (Å²) < 4.78 is 5.47. The Bertz CT molecular complexity index is 347. The highest BCUT2D eigenvalue weighted by atomic mass is 16.4. The molecule has 2 aliphatic rings. The van der Waals surface area contributed by atoms with Crippen LogP contribution in [0.4, 0.5) is 6.01 Å². The second kappa shape index (κ2) is 3.48. The van der Waals surface area contributed by atoms with Crippen LogP contribution in [-0.2, 0) is 6.54 Å². The molecule has 0 radical (unpaired) electrons. The molecular weight excluding hydrogens is 192 g/mol. The molecule has 5 nitrogen and oxygen atoms in total. The van der Waals surface area contributed by atoms with Gasteiger partial charge in [0.05, 0.1) is 6.54 Å². The second-order valence-corrected chi connectivity index (χ2v) is 4.62. The van der Waals surface area contributed by atoms with E-state index in [0.29, 0.717) is 30.5 Å². The summed E-state index contributed by atoms with van der Waals surface area (Å²) in [5.74, 6) is 1.42. The predicted octanol–water partition coefficient (Wildman–Crippen LogP) is 1.14. The van der Waals surface area contributed by atoms with E-state index in [1.54, 1.807) is 0 Å². The SMILES string of the molecule is CC1CC1Nc1nnc(CNC2CC2)o1. The molecule has 0 spiro atoms. The zero-order chi connectivity index (χ0) is 10.3. The molecule has 82 valence electrons. The smallest absolute Gasteiger partial charge is 0.315 e. The number of nitrogens with one attached hydrogen (secondary N) is 2. The summed E-state index contributed by atoms with van der Waals surface area (Å²) in [4.78, 5) is 0. The first kappa shape index (κ1) is 9.15. The Kier molecular flexibility index (Phi) is 2.12. The highest BCUT2D eigenvalue weighted by Crippen LogP contribution is 2.32. The monoisotopic (exact) mass is 208 g/mol. The molecule has 0 saturated heterocycles. The van der Waals surface area contributed by atoms with Crippen LogP contribution >= 0.6 is 0 Å². The fourth-order valence-corrected chi connectivity index (χ4v) is 1.58. The van der Waals surface area contributed by atoms with E-state index in [2.05, 4.69) is 27.8 Å². The third kappa shape index (κ3) is 2.28. The zero-order valence-corrected chi connectivity index (χ0v) is 8.86. The summed E-state index contributed by atoms with van der Waals surface area (Å²) in [6, 6.07) is 1.78. The van der Waals surface area contributed by atoms with Crippen molar-refractivity contribution in [3.8, 4) is 0 Å². The molecule has 2 N–H and O–H groups in total. The Morgan fingerprint density at radius 3 is 2.87 bits per heavy atom. The van der Waals surface area contributed by atoms with E-state index in [0.717, 1.165) is 5.92 Å². The van der Waals surface area contributed by atoms with Gasteiger partial charge in [-0.1, -0.05) is 12.0 Å². The van der Waals surface area contributed by atoms with E-state index in [-0.39, 0.29) is 0 Å². The van der Waals surface area contributed by atoms with E-state index in [4.69, 9.17) is 4.42 Å². The van der Waals surface area contributed by atoms with Crippen LogP contribution in [0.2, 0.25) is 0 Å². The molecule has 15 heavy (non-hydrogen) atoms.